The third kappa shape index (κ3) is 4.36. The van der Waals surface area contributed by atoms with Crippen LogP contribution in [0.3, 0.4) is 0 Å². The Bertz CT molecular complexity index is 1120. The average Bonchev–Trinajstić information content (AvgIpc) is 3.26. The molecule has 0 bridgehead atoms. The van der Waals surface area contributed by atoms with Crippen LogP contribution in [0.15, 0.2) is 52.4 Å². The van der Waals surface area contributed by atoms with E-state index in [0.717, 1.165) is 11.3 Å². The number of amides is 1. The summed E-state index contributed by atoms with van der Waals surface area (Å²) in [7, 11) is 0. The molecule has 1 aliphatic heterocycles. The van der Waals surface area contributed by atoms with Crippen LogP contribution in [-0.2, 0) is 4.79 Å². The number of carbonyl (C=O) groups excluding carboxylic acids is 2. The lowest BCUT2D eigenvalue weighted by molar-refractivity contribution is -0.285. The Kier molecular flexibility index (Phi) is 6.90. The topological polar surface area (TPSA) is 116 Å². The first kappa shape index (κ1) is 24.1. The van der Waals surface area contributed by atoms with Gasteiger partial charge < -0.3 is 16.2 Å². The lowest BCUT2D eigenvalue weighted by Gasteiger charge is -2.45. The number of nitrogens with two attached hydrogens (primary N) is 1. The summed E-state index contributed by atoms with van der Waals surface area (Å²) in [6.07, 6.45) is -5.33. The molecule has 0 aliphatic carbocycles. The van der Waals surface area contributed by atoms with Gasteiger partial charge in [0.2, 0.25) is 11.6 Å². The third-order valence-electron chi connectivity index (χ3n) is 4.84. The van der Waals surface area contributed by atoms with Crippen LogP contribution >= 0.6 is 34.7 Å². The number of hydrogen-bond donors (Lipinski definition) is 3. The number of thiophene rings is 1. The molecule has 0 saturated carbocycles. The number of nitriles is 1. The molecule has 3 atom stereocenters. The van der Waals surface area contributed by atoms with Crippen LogP contribution in [0.25, 0.3) is 0 Å². The molecule has 0 unspecified atom stereocenters. The van der Waals surface area contributed by atoms with E-state index in [9.17, 15) is 33.1 Å². The first-order valence-corrected chi connectivity index (χ1v) is 11.2. The van der Waals surface area contributed by atoms with Gasteiger partial charge in [-0.2, -0.15) is 18.4 Å². The number of allylic oxidation sites excluding steroid dienone is 1. The fourth-order valence-corrected chi connectivity index (χ4v) is 5.27. The Balaban J connectivity index is 2.33. The number of benzene rings is 1. The fraction of sp³-hybridized carbons (Fsp3) is 0.250. The van der Waals surface area contributed by atoms with Crippen molar-refractivity contribution in [3.63, 3.8) is 0 Å². The number of nitrogens with one attached hydrogen (secondary N) is 1. The number of halogens is 4. The monoisotopic (exact) mass is 501 g/mol. The van der Waals surface area contributed by atoms with E-state index in [2.05, 4.69) is 0 Å². The highest BCUT2D eigenvalue weighted by Gasteiger charge is 2.66. The summed E-state index contributed by atoms with van der Waals surface area (Å²) in [5.74, 6) is -6.03. The van der Waals surface area contributed by atoms with Crippen molar-refractivity contribution in [2.75, 3.05) is 5.75 Å². The summed E-state index contributed by atoms with van der Waals surface area (Å²) in [6, 6.07) is 10.5. The van der Waals surface area contributed by atoms with Crippen molar-refractivity contribution in [2.45, 2.75) is 17.8 Å². The van der Waals surface area contributed by atoms with Gasteiger partial charge in [0, 0.05) is 10.9 Å². The lowest BCUT2D eigenvalue weighted by Crippen LogP contribution is -2.66. The first-order valence-electron chi connectivity index (χ1n) is 8.96. The number of primary amides is 1. The van der Waals surface area contributed by atoms with Gasteiger partial charge in [-0.15, -0.1) is 11.3 Å². The second-order valence-electron chi connectivity index (χ2n) is 6.82. The Labute approximate surface area is 193 Å². The second-order valence-corrected chi connectivity index (χ2v) is 9.16. The Hall–Kier alpha value is -2.52. The first-order chi connectivity index (χ1) is 15.0. The van der Waals surface area contributed by atoms with E-state index in [-0.39, 0.29) is 21.0 Å². The zero-order valence-corrected chi connectivity index (χ0v) is 18.4. The minimum Gasteiger partial charge on any atom is -0.369 e. The molecule has 12 heteroatoms. The Morgan fingerprint density at radius 1 is 1.31 bits per heavy atom. The Morgan fingerprint density at radius 2 is 2.00 bits per heavy atom. The number of hydrogen-bond acceptors (Lipinski definition) is 7. The smallest absolute Gasteiger partial charge is 0.369 e. The molecule has 6 nitrogen and oxygen atoms in total. The summed E-state index contributed by atoms with van der Waals surface area (Å²) in [5.41, 5.74) is 1.14. The van der Waals surface area contributed by atoms with Crippen LogP contribution in [-0.4, -0.2) is 34.5 Å². The van der Waals surface area contributed by atoms with Gasteiger partial charge in [-0.25, -0.2) is 0 Å². The maximum absolute atomic E-state index is 14.3. The zero-order valence-electron chi connectivity index (χ0n) is 16.0. The highest BCUT2D eigenvalue weighted by Crippen LogP contribution is 2.52. The molecule has 32 heavy (non-hydrogen) atoms. The van der Waals surface area contributed by atoms with Crippen molar-refractivity contribution in [3.8, 4) is 6.07 Å². The molecule has 0 spiro atoms. The van der Waals surface area contributed by atoms with E-state index in [1.54, 1.807) is 0 Å². The maximum atomic E-state index is 14.3. The van der Waals surface area contributed by atoms with Gasteiger partial charge in [-0.1, -0.05) is 47.6 Å². The number of aliphatic hydroxyl groups is 1. The van der Waals surface area contributed by atoms with E-state index in [0.29, 0.717) is 11.8 Å². The molecule has 1 aromatic carbocycles. The van der Waals surface area contributed by atoms with Gasteiger partial charge in [0.1, 0.15) is 0 Å². The van der Waals surface area contributed by atoms with Gasteiger partial charge in [0.05, 0.1) is 33.2 Å². The average molecular weight is 502 g/mol. The Morgan fingerprint density at radius 3 is 2.53 bits per heavy atom. The molecule has 0 radical (unpaired) electrons. The van der Waals surface area contributed by atoms with Gasteiger partial charge in [0.15, 0.2) is 5.78 Å². The summed E-state index contributed by atoms with van der Waals surface area (Å²) in [4.78, 5) is 24.5. The van der Waals surface area contributed by atoms with Gasteiger partial charge in [0.25, 0.3) is 0 Å². The number of ketones is 1. The summed E-state index contributed by atoms with van der Waals surface area (Å²) < 4.78 is 42.8. The molecule has 1 aromatic heterocycles. The molecule has 0 fully saturated rings. The van der Waals surface area contributed by atoms with Crippen molar-refractivity contribution in [1.82, 2.24) is 5.32 Å². The number of alkyl halides is 3. The molecule has 3 rings (SSSR count). The minimum atomic E-state index is -5.33. The maximum Gasteiger partial charge on any atom is 0.437 e. The second kappa shape index (κ2) is 9.15. The van der Waals surface area contributed by atoms with E-state index in [1.165, 1.54) is 41.8 Å². The highest BCUT2D eigenvalue weighted by atomic mass is 35.5. The highest BCUT2D eigenvalue weighted by molar-refractivity contribution is 8.03. The van der Waals surface area contributed by atoms with E-state index >= 15 is 0 Å². The molecule has 2 aromatic rings. The van der Waals surface area contributed by atoms with Crippen LogP contribution in [0.2, 0.25) is 5.02 Å². The van der Waals surface area contributed by atoms with Crippen LogP contribution in [0.5, 0.6) is 0 Å². The number of rotatable bonds is 6. The molecule has 168 valence electrons. The summed E-state index contributed by atoms with van der Waals surface area (Å²) >= 11 is 7.69. The van der Waals surface area contributed by atoms with Crippen LogP contribution in [0, 0.1) is 17.2 Å². The summed E-state index contributed by atoms with van der Waals surface area (Å²) in [6.45, 7) is 0. The van der Waals surface area contributed by atoms with Crippen LogP contribution in [0.4, 0.5) is 13.2 Å². The SMILES string of the molecule is N#CC1=C(SCC(N)=O)N[C@@](O)(C(F)(F)F)[C@@H](C(=O)c2cccs2)[C@H]1c1ccccc1Cl. The van der Waals surface area contributed by atoms with E-state index in [4.69, 9.17) is 17.3 Å². The predicted octanol–water partition coefficient (Wildman–Crippen LogP) is 3.79. The molecule has 4 N–H and O–H groups in total. The van der Waals surface area contributed by atoms with E-state index < -0.39 is 46.2 Å². The molecule has 1 aliphatic rings. The van der Waals surface area contributed by atoms with Gasteiger partial charge in [-0.05, 0) is 23.1 Å². The summed E-state index contributed by atoms with van der Waals surface area (Å²) in [5, 5.41) is 23.8. The van der Waals surface area contributed by atoms with Gasteiger partial charge in [-0.3, -0.25) is 9.59 Å². The zero-order chi connectivity index (χ0) is 23.7. The fourth-order valence-electron chi connectivity index (χ4n) is 3.47. The van der Waals surface area contributed by atoms with Gasteiger partial charge >= 0.3 is 6.18 Å². The quantitative estimate of drug-likeness (QED) is 0.518. The van der Waals surface area contributed by atoms with Crippen molar-refractivity contribution in [2.24, 2.45) is 11.7 Å². The van der Waals surface area contributed by atoms with Crippen molar-refractivity contribution >= 4 is 46.4 Å². The van der Waals surface area contributed by atoms with Crippen LogP contribution in [0.1, 0.15) is 21.2 Å². The molecule has 0 saturated heterocycles. The largest absolute Gasteiger partial charge is 0.437 e. The number of thioether (sulfide) groups is 1. The van der Waals surface area contributed by atoms with Crippen molar-refractivity contribution < 1.29 is 27.9 Å². The normalized spacial score (nSPS) is 23.4. The van der Waals surface area contributed by atoms with E-state index in [1.807, 2.05) is 11.4 Å². The third-order valence-corrected chi connectivity index (χ3v) is 7.11. The molecule has 2 heterocycles. The standard InChI is InChI=1S/C20H15ClF3N3O3S2/c21-12-5-2-1-4-10(12)15-11(8-25)18(32-9-14(26)28)27-19(30,20(22,23)24)16(15)17(29)13-6-3-7-31-13/h1-7,15-16,27,30H,9H2,(H2,26,28)/t15-,16+,19-/m0/s1. The lowest BCUT2D eigenvalue weighted by atomic mass is 9.70. The number of nitrogens with zero attached hydrogens (tertiary/aromatic N) is 1. The minimum absolute atomic E-state index is 0.0138. The molecular formula is C20H15ClF3N3O3S2. The number of Topliss-reactive ketones (excluding diaryl/α,β-unsaturated/α-hetero) is 1. The predicted molar refractivity (Wildman–Crippen MR) is 115 cm³/mol. The number of carbonyl (C=O) groups is 2. The molecule has 1 amide bonds. The molecular weight excluding hydrogens is 487 g/mol. The van der Waals surface area contributed by atoms with Crippen molar-refractivity contribution in [3.05, 3.63) is 67.8 Å². The van der Waals surface area contributed by atoms with Crippen LogP contribution < -0.4 is 11.1 Å². The van der Waals surface area contributed by atoms with Crippen molar-refractivity contribution in [1.29, 1.82) is 5.26 Å².